The van der Waals surface area contributed by atoms with Gasteiger partial charge in [0, 0.05) is 26.2 Å². The largest absolute Gasteiger partial charge is 0.354 e. The Morgan fingerprint density at radius 3 is 2.72 bits per heavy atom. The Balaban J connectivity index is 0.00000162. The lowest BCUT2D eigenvalue weighted by Gasteiger charge is -2.42. The number of hydrogen-bond acceptors (Lipinski definition) is 1. The quantitative estimate of drug-likeness (QED) is 0.472. The molecule has 4 heteroatoms. The zero-order chi connectivity index (χ0) is 12.3. The SMILES string of the molecule is CCCC1(C)CCCN(C(=NC)NC2CC2)C1.I. The summed E-state index contributed by atoms with van der Waals surface area (Å²) in [4.78, 5) is 6.92. The molecule has 1 unspecified atom stereocenters. The highest BCUT2D eigenvalue weighted by atomic mass is 127. The standard InChI is InChI=1S/C14H27N3.HI/c1-4-8-14(2)9-5-10-17(11-14)13(15-3)16-12-6-7-12;/h12H,4-11H2,1-3H3,(H,15,16);1H. The fraction of sp³-hybridized carbons (Fsp3) is 0.929. The van der Waals surface area contributed by atoms with Gasteiger partial charge in [0.2, 0.25) is 0 Å². The summed E-state index contributed by atoms with van der Waals surface area (Å²) in [7, 11) is 1.91. The maximum Gasteiger partial charge on any atom is 0.193 e. The number of hydrogen-bond donors (Lipinski definition) is 1. The Bertz CT molecular complexity index is 285. The monoisotopic (exact) mass is 365 g/mol. The molecular weight excluding hydrogens is 337 g/mol. The Labute approximate surface area is 129 Å². The van der Waals surface area contributed by atoms with Crippen molar-refractivity contribution in [3.63, 3.8) is 0 Å². The van der Waals surface area contributed by atoms with E-state index in [2.05, 4.69) is 29.1 Å². The molecule has 1 aliphatic carbocycles. The molecule has 0 aromatic rings. The van der Waals surface area contributed by atoms with E-state index >= 15 is 0 Å². The molecule has 3 nitrogen and oxygen atoms in total. The average molecular weight is 365 g/mol. The third-order valence-corrected chi connectivity index (χ3v) is 4.06. The number of guanidine groups is 1. The summed E-state index contributed by atoms with van der Waals surface area (Å²) in [5.74, 6) is 1.13. The number of rotatable bonds is 3. The minimum absolute atomic E-state index is 0. The smallest absolute Gasteiger partial charge is 0.193 e. The minimum Gasteiger partial charge on any atom is -0.354 e. The lowest BCUT2D eigenvalue weighted by molar-refractivity contribution is 0.142. The van der Waals surface area contributed by atoms with E-state index < -0.39 is 0 Å². The van der Waals surface area contributed by atoms with Gasteiger partial charge in [-0.05, 0) is 37.5 Å². The van der Waals surface area contributed by atoms with E-state index in [9.17, 15) is 0 Å². The summed E-state index contributed by atoms with van der Waals surface area (Å²) in [6.45, 7) is 7.08. The Morgan fingerprint density at radius 2 is 2.17 bits per heavy atom. The molecule has 1 saturated carbocycles. The molecule has 0 aromatic carbocycles. The van der Waals surface area contributed by atoms with Crippen molar-refractivity contribution in [2.45, 2.75) is 58.4 Å². The van der Waals surface area contributed by atoms with Gasteiger partial charge >= 0.3 is 0 Å². The van der Waals surface area contributed by atoms with Crippen molar-refractivity contribution in [2.24, 2.45) is 10.4 Å². The van der Waals surface area contributed by atoms with Gasteiger partial charge in [-0.25, -0.2) is 0 Å². The van der Waals surface area contributed by atoms with Crippen molar-refractivity contribution in [1.82, 2.24) is 10.2 Å². The number of likely N-dealkylation sites (tertiary alicyclic amines) is 1. The summed E-state index contributed by atoms with van der Waals surface area (Å²) in [5.41, 5.74) is 0.494. The van der Waals surface area contributed by atoms with Gasteiger partial charge < -0.3 is 10.2 Å². The Hall–Kier alpha value is 0. The molecule has 1 saturated heterocycles. The third-order valence-electron chi connectivity index (χ3n) is 4.06. The van der Waals surface area contributed by atoms with E-state index in [1.54, 1.807) is 0 Å². The molecule has 0 aromatic heterocycles. The van der Waals surface area contributed by atoms with Crippen LogP contribution in [0.5, 0.6) is 0 Å². The molecule has 1 aliphatic heterocycles. The van der Waals surface area contributed by atoms with Crippen LogP contribution in [0.15, 0.2) is 4.99 Å². The molecule has 1 atom stereocenters. The van der Waals surface area contributed by atoms with Crippen LogP contribution >= 0.6 is 24.0 Å². The van der Waals surface area contributed by atoms with Gasteiger partial charge in [-0.3, -0.25) is 4.99 Å². The molecular formula is C14H28IN3. The van der Waals surface area contributed by atoms with Crippen molar-refractivity contribution in [3.8, 4) is 0 Å². The van der Waals surface area contributed by atoms with Crippen LogP contribution in [0, 0.1) is 5.41 Å². The maximum atomic E-state index is 4.45. The summed E-state index contributed by atoms with van der Waals surface area (Å²) >= 11 is 0. The first-order valence-electron chi connectivity index (χ1n) is 7.15. The molecule has 0 amide bonds. The molecule has 0 spiro atoms. The zero-order valence-electron chi connectivity index (χ0n) is 12.0. The normalized spacial score (nSPS) is 28.8. The Kier molecular flexibility index (Phi) is 6.21. The predicted molar refractivity (Wildman–Crippen MR) is 88.8 cm³/mol. The molecule has 0 bridgehead atoms. The van der Waals surface area contributed by atoms with Crippen molar-refractivity contribution >= 4 is 29.9 Å². The molecule has 2 fully saturated rings. The predicted octanol–water partition coefficient (Wildman–Crippen LogP) is 3.24. The van der Waals surface area contributed by atoms with Crippen molar-refractivity contribution < 1.29 is 0 Å². The van der Waals surface area contributed by atoms with Crippen LogP contribution in [0.4, 0.5) is 0 Å². The number of nitrogens with one attached hydrogen (secondary N) is 1. The van der Waals surface area contributed by atoms with Gasteiger partial charge in [0.25, 0.3) is 0 Å². The van der Waals surface area contributed by atoms with Crippen LogP contribution in [0.1, 0.15) is 52.4 Å². The molecule has 0 radical (unpaired) electrons. The summed E-state index contributed by atoms with van der Waals surface area (Å²) in [6.07, 6.45) is 7.95. The average Bonchev–Trinajstić information content (AvgIpc) is 3.09. The summed E-state index contributed by atoms with van der Waals surface area (Å²) in [5, 5.41) is 3.57. The van der Waals surface area contributed by atoms with Gasteiger partial charge in [-0.1, -0.05) is 20.3 Å². The number of piperidine rings is 1. The van der Waals surface area contributed by atoms with E-state index in [1.807, 2.05) is 7.05 Å². The van der Waals surface area contributed by atoms with Gasteiger partial charge in [0.15, 0.2) is 5.96 Å². The van der Waals surface area contributed by atoms with Crippen LogP contribution < -0.4 is 5.32 Å². The first-order chi connectivity index (χ1) is 8.17. The fourth-order valence-electron chi connectivity index (χ4n) is 3.01. The summed E-state index contributed by atoms with van der Waals surface area (Å²) < 4.78 is 0. The highest BCUT2D eigenvalue weighted by molar-refractivity contribution is 14.0. The summed E-state index contributed by atoms with van der Waals surface area (Å²) in [6, 6.07) is 0.702. The highest BCUT2D eigenvalue weighted by Crippen LogP contribution is 2.34. The molecule has 1 N–H and O–H groups in total. The zero-order valence-corrected chi connectivity index (χ0v) is 14.4. The third kappa shape index (κ3) is 4.28. The van der Waals surface area contributed by atoms with Gasteiger partial charge in [0.05, 0.1) is 0 Å². The second-order valence-corrected chi connectivity index (χ2v) is 6.05. The van der Waals surface area contributed by atoms with Crippen molar-refractivity contribution in [1.29, 1.82) is 0 Å². The first kappa shape index (κ1) is 16.1. The number of nitrogens with zero attached hydrogens (tertiary/aromatic N) is 2. The lowest BCUT2D eigenvalue weighted by Crippen LogP contribution is -2.50. The fourth-order valence-corrected chi connectivity index (χ4v) is 3.01. The van der Waals surface area contributed by atoms with Gasteiger partial charge in [-0.15, -0.1) is 24.0 Å². The second kappa shape index (κ2) is 6.96. The molecule has 106 valence electrons. The van der Waals surface area contributed by atoms with E-state index in [0.29, 0.717) is 11.5 Å². The van der Waals surface area contributed by atoms with Crippen LogP contribution in [-0.4, -0.2) is 37.0 Å². The van der Waals surface area contributed by atoms with Crippen molar-refractivity contribution in [3.05, 3.63) is 0 Å². The van der Waals surface area contributed by atoms with E-state index in [4.69, 9.17) is 0 Å². The number of aliphatic imine (C=N–C) groups is 1. The Morgan fingerprint density at radius 1 is 1.44 bits per heavy atom. The molecule has 2 aliphatic rings. The minimum atomic E-state index is 0. The van der Waals surface area contributed by atoms with Crippen LogP contribution in [0.2, 0.25) is 0 Å². The van der Waals surface area contributed by atoms with Crippen LogP contribution in [0.25, 0.3) is 0 Å². The molecule has 18 heavy (non-hydrogen) atoms. The van der Waals surface area contributed by atoms with Gasteiger partial charge in [0.1, 0.15) is 0 Å². The van der Waals surface area contributed by atoms with E-state index in [-0.39, 0.29) is 24.0 Å². The highest BCUT2D eigenvalue weighted by Gasteiger charge is 2.33. The number of halogens is 1. The second-order valence-electron chi connectivity index (χ2n) is 6.05. The molecule has 1 heterocycles. The molecule has 2 rings (SSSR count). The first-order valence-corrected chi connectivity index (χ1v) is 7.15. The van der Waals surface area contributed by atoms with Crippen molar-refractivity contribution in [2.75, 3.05) is 20.1 Å². The lowest BCUT2D eigenvalue weighted by atomic mass is 9.78. The topological polar surface area (TPSA) is 27.6 Å². The van der Waals surface area contributed by atoms with E-state index in [1.165, 1.54) is 51.6 Å². The van der Waals surface area contributed by atoms with Gasteiger partial charge in [-0.2, -0.15) is 0 Å². The maximum absolute atomic E-state index is 4.45. The van der Waals surface area contributed by atoms with Crippen LogP contribution in [-0.2, 0) is 0 Å². The van der Waals surface area contributed by atoms with Crippen LogP contribution in [0.3, 0.4) is 0 Å². The van der Waals surface area contributed by atoms with E-state index in [0.717, 1.165) is 5.96 Å².